The topological polar surface area (TPSA) is 186 Å². The highest BCUT2D eigenvalue weighted by atomic mass is 19.2. The van der Waals surface area contributed by atoms with Crippen LogP contribution >= 0.6 is 0 Å². The number of carbonyl (C=O) groups is 5. The lowest BCUT2D eigenvalue weighted by Crippen LogP contribution is -2.57. The van der Waals surface area contributed by atoms with E-state index < -0.39 is 94.9 Å². The molecule has 5 atom stereocenters. The van der Waals surface area contributed by atoms with Crippen LogP contribution in [0.2, 0.25) is 0 Å². The van der Waals surface area contributed by atoms with Crippen molar-refractivity contribution in [2.45, 2.75) is 143 Å². The second kappa shape index (κ2) is 22.3. The van der Waals surface area contributed by atoms with Crippen molar-refractivity contribution in [3.8, 4) is 5.75 Å². The number of phenolic OH excluding ortho intramolecular Hbond substituents is 1. The Labute approximate surface area is 310 Å². The van der Waals surface area contributed by atoms with E-state index in [-0.39, 0.29) is 43.9 Å². The number of carbonyl (C=O) groups excluding carboxylic acids is 5. The Morgan fingerprint density at radius 1 is 0.774 bits per heavy atom. The summed E-state index contributed by atoms with van der Waals surface area (Å²) >= 11 is 0. The highest BCUT2D eigenvalue weighted by Gasteiger charge is 2.35. The summed E-state index contributed by atoms with van der Waals surface area (Å²) in [6.07, 6.45) is 3.70. The Morgan fingerprint density at radius 2 is 1.34 bits per heavy atom. The first-order valence-electron chi connectivity index (χ1n) is 18.1. The van der Waals surface area contributed by atoms with E-state index in [0.717, 1.165) is 32.1 Å². The SMILES string of the molecule is C.CCC[C@H](NC(=O)[C@H](CC(C)C)NC(=O)c1c(F)c(F)c(O)c(F)c1F)C(=O)N[C@@H](CC1CCCCC1)[C@@H](O)CC(=O)N[C@H](C(=O)NCC)C(C)C. The molecule has 0 heterocycles. The van der Waals surface area contributed by atoms with Gasteiger partial charge in [-0.3, -0.25) is 24.0 Å². The third-order valence-electron chi connectivity index (χ3n) is 9.12. The van der Waals surface area contributed by atoms with Gasteiger partial charge in [-0.15, -0.1) is 0 Å². The minimum Gasteiger partial charge on any atom is -0.503 e. The average Bonchev–Trinajstić information content (AvgIpc) is 3.08. The van der Waals surface area contributed by atoms with Crippen molar-refractivity contribution >= 4 is 29.5 Å². The van der Waals surface area contributed by atoms with Crippen LogP contribution in [0.5, 0.6) is 5.75 Å². The van der Waals surface area contributed by atoms with E-state index in [1.807, 2.05) is 0 Å². The van der Waals surface area contributed by atoms with Crippen molar-refractivity contribution in [2.24, 2.45) is 17.8 Å². The zero-order chi connectivity index (χ0) is 39.3. The molecule has 302 valence electrons. The molecule has 53 heavy (non-hydrogen) atoms. The van der Waals surface area contributed by atoms with Gasteiger partial charge in [0.1, 0.15) is 23.7 Å². The van der Waals surface area contributed by atoms with Crippen molar-refractivity contribution in [3.05, 3.63) is 28.8 Å². The zero-order valence-corrected chi connectivity index (χ0v) is 30.8. The fourth-order valence-corrected chi connectivity index (χ4v) is 6.34. The van der Waals surface area contributed by atoms with Gasteiger partial charge in [0.15, 0.2) is 17.4 Å². The number of hydrogen-bond acceptors (Lipinski definition) is 7. The number of hydrogen-bond donors (Lipinski definition) is 7. The summed E-state index contributed by atoms with van der Waals surface area (Å²) in [5.41, 5.74) is -1.67. The molecule has 0 aliphatic heterocycles. The lowest BCUT2D eigenvalue weighted by atomic mass is 9.83. The van der Waals surface area contributed by atoms with Crippen LogP contribution in [-0.2, 0) is 19.2 Å². The Kier molecular flexibility index (Phi) is 19.8. The van der Waals surface area contributed by atoms with Gasteiger partial charge in [0, 0.05) is 6.54 Å². The van der Waals surface area contributed by atoms with E-state index >= 15 is 0 Å². The molecule has 12 nitrogen and oxygen atoms in total. The minimum atomic E-state index is -2.18. The van der Waals surface area contributed by atoms with Crippen molar-refractivity contribution in [3.63, 3.8) is 0 Å². The number of phenols is 1. The van der Waals surface area contributed by atoms with Crippen LogP contribution < -0.4 is 26.6 Å². The number of rotatable bonds is 19. The maximum absolute atomic E-state index is 14.5. The molecule has 16 heteroatoms. The number of aromatic hydroxyl groups is 1. The molecule has 7 N–H and O–H groups in total. The van der Waals surface area contributed by atoms with Gasteiger partial charge in [-0.25, -0.2) is 8.78 Å². The van der Waals surface area contributed by atoms with Crippen LogP contribution in [0, 0.1) is 41.0 Å². The molecule has 1 aromatic rings. The molecule has 1 aliphatic carbocycles. The van der Waals surface area contributed by atoms with E-state index in [1.54, 1.807) is 41.5 Å². The van der Waals surface area contributed by atoms with E-state index in [2.05, 4.69) is 26.6 Å². The van der Waals surface area contributed by atoms with Gasteiger partial charge < -0.3 is 36.8 Å². The Bertz CT molecular complexity index is 1380. The number of likely N-dealkylation sites (N-methyl/N-ethyl adjacent to an activating group) is 1. The number of aliphatic hydroxyl groups excluding tert-OH is 1. The van der Waals surface area contributed by atoms with Gasteiger partial charge in [0.25, 0.3) is 5.91 Å². The summed E-state index contributed by atoms with van der Waals surface area (Å²) < 4.78 is 56.9. The molecule has 5 amide bonds. The van der Waals surface area contributed by atoms with Crippen LogP contribution in [0.1, 0.15) is 124 Å². The molecule has 0 saturated heterocycles. The van der Waals surface area contributed by atoms with Crippen LogP contribution in [-0.4, -0.2) is 76.6 Å². The third kappa shape index (κ3) is 13.8. The first-order chi connectivity index (χ1) is 24.4. The van der Waals surface area contributed by atoms with Gasteiger partial charge >= 0.3 is 0 Å². The standard InChI is InChI=1S/C36H55F4N5O7.CH4/c1-7-12-21(42-34(50)23(15-18(3)4)44-35(51)26-27(37)29(39)32(48)30(40)28(26)38)33(49)43-22(16-20-13-10-9-11-14-20)24(46)17-25(47)45-31(19(5)6)36(52)41-8-2;/h18-24,31,46,48H,7-17H2,1-6H3,(H,41,52)(H,42,50)(H,43,49)(H,44,51)(H,45,47);1H4/t21-,22-,23-,24-,31-;/m0./s1. The Balaban J connectivity index is 0.0000140. The minimum absolute atomic E-state index is 0. The highest BCUT2D eigenvalue weighted by molar-refractivity contribution is 5.99. The normalized spacial score (nSPS) is 16.1. The fraction of sp³-hybridized carbons (Fsp3) is 0.703. The number of nitrogens with one attached hydrogen (secondary N) is 5. The van der Waals surface area contributed by atoms with E-state index in [0.29, 0.717) is 19.4 Å². The molecule has 1 aromatic carbocycles. The summed E-state index contributed by atoms with van der Waals surface area (Å²) in [7, 11) is 0. The second-order valence-corrected chi connectivity index (χ2v) is 14.3. The largest absolute Gasteiger partial charge is 0.503 e. The molecular weight excluding hydrogens is 702 g/mol. The quantitative estimate of drug-likeness (QED) is 0.0800. The maximum Gasteiger partial charge on any atom is 0.258 e. The molecule has 0 unspecified atom stereocenters. The first kappa shape index (κ1) is 47.1. The zero-order valence-electron chi connectivity index (χ0n) is 30.8. The van der Waals surface area contributed by atoms with Gasteiger partial charge in [-0.2, -0.15) is 8.78 Å². The van der Waals surface area contributed by atoms with E-state index in [1.165, 1.54) is 0 Å². The number of aliphatic hydroxyl groups is 1. The molecule has 0 aromatic heterocycles. The predicted octanol–water partition coefficient (Wildman–Crippen LogP) is 4.50. The molecule has 1 saturated carbocycles. The molecule has 0 spiro atoms. The molecule has 1 fully saturated rings. The van der Waals surface area contributed by atoms with Crippen LogP contribution in [0.3, 0.4) is 0 Å². The fourth-order valence-electron chi connectivity index (χ4n) is 6.34. The Hall–Kier alpha value is -3.95. The smallest absolute Gasteiger partial charge is 0.258 e. The number of halogens is 4. The summed E-state index contributed by atoms with van der Waals surface area (Å²) in [5, 5.41) is 33.4. The van der Waals surface area contributed by atoms with E-state index in [4.69, 9.17) is 0 Å². The Morgan fingerprint density at radius 3 is 1.85 bits per heavy atom. The number of benzene rings is 1. The van der Waals surface area contributed by atoms with Crippen molar-refractivity contribution in [1.29, 1.82) is 0 Å². The average molecular weight is 762 g/mol. The summed E-state index contributed by atoms with van der Waals surface area (Å²) in [6.45, 7) is 10.8. The van der Waals surface area contributed by atoms with Crippen molar-refractivity contribution < 1.29 is 51.7 Å². The van der Waals surface area contributed by atoms with Crippen LogP contribution in [0.4, 0.5) is 17.6 Å². The summed E-state index contributed by atoms with van der Waals surface area (Å²) in [4.78, 5) is 65.7. The van der Waals surface area contributed by atoms with Crippen molar-refractivity contribution in [1.82, 2.24) is 26.6 Å². The van der Waals surface area contributed by atoms with Crippen LogP contribution in [0.25, 0.3) is 0 Å². The molecule has 0 radical (unpaired) electrons. The third-order valence-corrected chi connectivity index (χ3v) is 9.12. The lowest BCUT2D eigenvalue weighted by Gasteiger charge is -2.32. The highest BCUT2D eigenvalue weighted by Crippen LogP contribution is 2.30. The molecule has 0 bridgehead atoms. The lowest BCUT2D eigenvalue weighted by molar-refractivity contribution is -0.132. The van der Waals surface area contributed by atoms with Gasteiger partial charge in [-0.05, 0) is 43.9 Å². The summed E-state index contributed by atoms with van der Waals surface area (Å²) in [5.74, 6) is -15.2. The van der Waals surface area contributed by atoms with E-state index in [9.17, 15) is 51.7 Å². The second-order valence-electron chi connectivity index (χ2n) is 14.3. The van der Waals surface area contributed by atoms with Crippen LogP contribution in [0.15, 0.2) is 0 Å². The molecule has 1 aliphatic rings. The molecular formula is C37H59F4N5O7. The van der Waals surface area contributed by atoms with Gasteiger partial charge in [0.05, 0.1) is 18.6 Å². The van der Waals surface area contributed by atoms with Gasteiger partial charge in [0.2, 0.25) is 35.3 Å². The first-order valence-corrected chi connectivity index (χ1v) is 18.1. The van der Waals surface area contributed by atoms with Crippen molar-refractivity contribution in [2.75, 3.05) is 6.54 Å². The van der Waals surface area contributed by atoms with Gasteiger partial charge in [-0.1, -0.05) is 80.6 Å². The predicted molar refractivity (Wildman–Crippen MR) is 191 cm³/mol. The number of amides is 5. The molecule has 2 rings (SSSR count). The maximum atomic E-state index is 14.5. The summed E-state index contributed by atoms with van der Waals surface area (Å²) in [6, 6.07) is -4.46. The monoisotopic (exact) mass is 761 g/mol.